The van der Waals surface area contributed by atoms with Crippen LogP contribution in [0.5, 0.6) is 5.75 Å². The van der Waals surface area contributed by atoms with Crippen LogP contribution in [0.1, 0.15) is 51.4 Å². The Morgan fingerprint density at radius 2 is 1.87 bits per heavy atom. The molecule has 0 saturated heterocycles. The maximum absolute atomic E-state index is 12.7. The Hall–Kier alpha value is -1.62. The highest BCUT2D eigenvalue weighted by Gasteiger charge is 2.31. The number of hydrogen-bond acceptors (Lipinski definition) is 3. The zero-order valence-electron chi connectivity index (χ0n) is 13.5. The van der Waals surface area contributed by atoms with E-state index in [9.17, 15) is 14.3 Å². The minimum absolute atomic E-state index is 0.0751. The van der Waals surface area contributed by atoms with E-state index >= 15 is 0 Å². The Kier molecular flexibility index (Phi) is 6.84. The standard InChI is InChI=1S/C18H26FNO3/c19-15-6-8-16(9-7-15)23-13-5-4-12-20-17(21)14-18(22)10-2-1-3-11-18/h6-9,22H,1-5,10-14H2,(H,20,21). The average molecular weight is 323 g/mol. The van der Waals surface area contributed by atoms with Crippen molar-refractivity contribution in [1.82, 2.24) is 5.32 Å². The van der Waals surface area contributed by atoms with Gasteiger partial charge >= 0.3 is 0 Å². The summed E-state index contributed by atoms with van der Waals surface area (Å²) >= 11 is 0. The molecule has 128 valence electrons. The van der Waals surface area contributed by atoms with Gasteiger partial charge < -0.3 is 15.2 Å². The van der Waals surface area contributed by atoms with E-state index < -0.39 is 5.60 Å². The Labute approximate surface area is 137 Å². The summed E-state index contributed by atoms with van der Waals surface area (Å²) in [6.45, 7) is 1.12. The number of nitrogens with one attached hydrogen (secondary N) is 1. The van der Waals surface area contributed by atoms with Crippen molar-refractivity contribution in [2.24, 2.45) is 0 Å². The summed E-state index contributed by atoms with van der Waals surface area (Å²) in [5.74, 6) is 0.295. The maximum Gasteiger partial charge on any atom is 0.222 e. The highest BCUT2D eigenvalue weighted by molar-refractivity contribution is 5.76. The smallest absolute Gasteiger partial charge is 0.222 e. The minimum atomic E-state index is -0.798. The Balaban J connectivity index is 1.53. The molecule has 0 bridgehead atoms. The molecular formula is C18H26FNO3. The molecule has 4 nitrogen and oxygen atoms in total. The fourth-order valence-electron chi connectivity index (χ4n) is 2.92. The second kappa shape index (κ2) is 8.87. The number of hydrogen-bond donors (Lipinski definition) is 2. The number of unbranched alkanes of at least 4 members (excludes halogenated alkanes) is 1. The van der Waals surface area contributed by atoms with E-state index in [0.29, 0.717) is 18.9 Å². The largest absolute Gasteiger partial charge is 0.494 e. The molecule has 1 aromatic rings. The van der Waals surface area contributed by atoms with E-state index in [2.05, 4.69) is 5.32 Å². The van der Waals surface area contributed by atoms with Crippen LogP contribution in [-0.2, 0) is 4.79 Å². The van der Waals surface area contributed by atoms with Gasteiger partial charge in [0, 0.05) is 6.54 Å². The summed E-state index contributed by atoms with van der Waals surface area (Å²) in [7, 11) is 0. The first-order chi connectivity index (χ1) is 11.1. The zero-order chi connectivity index (χ0) is 16.5. The molecule has 5 heteroatoms. The third kappa shape index (κ3) is 6.57. The molecule has 2 N–H and O–H groups in total. The van der Waals surface area contributed by atoms with E-state index in [1.54, 1.807) is 12.1 Å². The number of ether oxygens (including phenoxy) is 1. The quantitative estimate of drug-likeness (QED) is 0.722. The minimum Gasteiger partial charge on any atom is -0.494 e. The van der Waals surface area contributed by atoms with Crippen molar-refractivity contribution in [2.45, 2.75) is 57.0 Å². The molecule has 0 aliphatic heterocycles. The summed E-state index contributed by atoms with van der Waals surface area (Å²) < 4.78 is 18.2. The maximum atomic E-state index is 12.7. The van der Waals surface area contributed by atoms with Gasteiger partial charge in [0.1, 0.15) is 11.6 Å². The molecular weight excluding hydrogens is 297 g/mol. The molecule has 1 amide bonds. The third-order valence-corrected chi connectivity index (χ3v) is 4.25. The molecule has 1 saturated carbocycles. The van der Waals surface area contributed by atoms with Crippen molar-refractivity contribution in [3.05, 3.63) is 30.1 Å². The number of amides is 1. The van der Waals surface area contributed by atoms with Gasteiger partial charge in [-0.1, -0.05) is 19.3 Å². The van der Waals surface area contributed by atoms with Crippen LogP contribution in [0.25, 0.3) is 0 Å². The second-order valence-electron chi connectivity index (χ2n) is 6.32. The van der Waals surface area contributed by atoms with Crippen LogP contribution in [0.4, 0.5) is 4.39 Å². The number of benzene rings is 1. The van der Waals surface area contributed by atoms with Crippen molar-refractivity contribution in [3.63, 3.8) is 0 Å². The molecule has 0 atom stereocenters. The SMILES string of the molecule is O=C(CC1(O)CCCCC1)NCCCCOc1ccc(F)cc1. The number of aliphatic hydroxyl groups is 1. The van der Waals surface area contributed by atoms with Crippen LogP contribution >= 0.6 is 0 Å². The molecule has 0 spiro atoms. The van der Waals surface area contributed by atoms with Crippen LogP contribution in [0.3, 0.4) is 0 Å². The first kappa shape index (κ1) is 17.7. The summed E-state index contributed by atoms with van der Waals surface area (Å²) in [5.41, 5.74) is -0.798. The molecule has 0 heterocycles. The predicted molar refractivity (Wildman–Crippen MR) is 86.8 cm³/mol. The summed E-state index contributed by atoms with van der Waals surface area (Å²) in [5, 5.41) is 13.2. The number of halogens is 1. The fraction of sp³-hybridized carbons (Fsp3) is 0.611. The highest BCUT2D eigenvalue weighted by atomic mass is 19.1. The van der Waals surface area contributed by atoms with Gasteiger partial charge in [0.2, 0.25) is 5.91 Å². The second-order valence-corrected chi connectivity index (χ2v) is 6.32. The lowest BCUT2D eigenvalue weighted by molar-refractivity contribution is -0.127. The van der Waals surface area contributed by atoms with Gasteiger partial charge in [-0.05, 0) is 49.9 Å². The Morgan fingerprint density at radius 1 is 1.17 bits per heavy atom. The van der Waals surface area contributed by atoms with Crippen molar-refractivity contribution in [1.29, 1.82) is 0 Å². The monoisotopic (exact) mass is 323 g/mol. The Morgan fingerprint density at radius 3 is 2.57 bits per heavy atom. The lowest BCUT2D eigenvalue weighted by Crippen LogP contribution is -2.38. The van der Waals surface area contributed by atoms with Crippen LogP contribution in [-0.4, -0.2) is 29.8 Å². The molecule has 0 unspecified atom stereocenters. The summed E-state index contributed by atoms with van der Waals surface area (Å²) in [6.07, 6.45) is 6.44. The number of rotatable bonds is 8. The number of carbonyl (C=O) groups is 1. The van der Waals surface area contributed by atoms with Gasteiger partial charge in [-0.15, -0.1) is 0 Å². The molecule has 1 aliphatic carbocycles. The van der Waals surface area contributed by atoms with Gasteiger partial charge in [0.05, 0.1) is 18.6 Å². The lowest BCUT2D eigenvalue weighted by Gasteiger charge is -2.31. The molecule has 0 radical (unpaired) electrons. The van der Waals surface area contributed by atoms with E-state index in [-0.39, 0.29) is 18.1 Å². The highest BCUT2D eigenvalue weighted by Crippen LogP contribution is 2.30. The average Bonchev–Trinajstić information content (AvgIpc) is 2.52. The van der Waals surface area contributed by atoms with Crippen molar-refractivity contribution >= 4 is 5.91 Å². The summed E-state index contributed by atoms with van der Waals surface area (Å²) in [6, 6.07) is 5.93. The van der Waals surface area contributed by atoms with Crippen LogP contribution in [0.2, 0.25) is 0 Å². The topological polar surface area (TPSA) is 58.6 Å². The zero-order valence-corrected chi connectivity index (χ0v) is 13.5. The first-order valence-electron chi connectivity index (χ1n) is 8.45. The fourth-order valence-corrected chi connectivity index (χ4v) is 2.92. The first-order valence-corrected chi connectivity index (χ1v) is 8.45. The predicted octanol–water partition coefficient (Wildman–Crippen LogP) is 3.19. The van der Waals surface area contributed by atoms with Crippen LogP contribution in [0, 0.1) is 5.82 Å². The van der Waals surface area contributed by atoms with Crippen LogP contribution < -0.4 is 10.1 Å². The van der Waals surface area contributed by atoms with Gasteiger partial charge in [-0.3, -0.25) is 4.79 Å². The molecule has 2 rings (SSSR count). The van der Waals surface area contributed by atoms with E-state index in [1.165, 1.54) is 12.1 Å². The van der Waals surface area contributed by atoms with Gasteiger partial charge in [0.15, 0.2) is 0 Å². The van der Waals surface area contributed by atoms with Gasteiger partial charge in [0.25, 0.3) is 0 Å². The molecule has 1 aliphatic rings. The molecule has 1 fully saturated rings. The Bertz CT molecular complexity index is 484. The number of carbonyl (C=O) groups excluding carboxylic acids is 1. The normalized spacial score (nSPS) is 16.8. The van der Waals surface area contributed by atoms with Crippen LogP contribution in [0.15, 0.2) is 24.3 Å². The molecule has 23 heavy (non-hydrogen) atoms. The molecule has 1 aromatic carbocycles. The summed E-state index contributed by atoms with van der Waals surface area (Å²) in [4.78, 5) is 11.9. The van der Waals surface area contributed by atoms with E-state index in [4.69, 9.17) is 4.74 Å². The molecule has 0 aromatic heterocycles. The van der Waals surface area contributed by atoms with Crippen molar-refractivity contribution in [3.8, 4) is 5.75 Å². The van der Waals surface area contributed by atoms with E-state index in [0.717, 1.165) is 44.9 Å². The van der Waals surface area contributed by atoms with Gasteiger partial charge in [-0.25, -0.2) is 4.39 Å². The van der Waals surface area contributed by atoms with Crippen molar-refractivity contribution in [2.75, 3.05) is 13.2 Å². The van der Waals surface area contributed by atoms with Crippen molar-refractivity contribution < 1.29 is 19.0 Å². The van der Waals surface area contributed by atoms with Gasteiger partial charge in [-0.2, -0.15) is 0 Å². The third-order valence-electron chi connectivity index (χ3n) is 4.25. The van der Waals surface area contributed by atoms with E-state index in [1.807, 2.05) is 0 Å². The lowest BCUT2D eigenvalue weighted by atomic mass is 9.82.